The van der Waals surface area contributed by atoms with Gasteiger partial charge in [0.1, 0.15) is 18.8 Å². The molecule has 1 aliphatic heterocycles. The van der Waals surface area contributed by atoms with Crippen molar-refractivity contribution < 1.29 is 46.9 Å². The van der Waals surface area contributed by atoms with E-state index in [2.05, 4.69) is 20.0 Å². The van der Waals surface area contributed by atoms with Gasteiger partial charge in [-0.25, -0.2) is 19.0 Å². The maximum atomic E-state index is 16.1. The summed E-state index contributed by atoms with van der Waals surface area (Å²) < 4.78 is 59.4. The molecule has 2 aromatic heterocycles. The molecule has 0 aliphatic carbocycles. The third kappa shape index (κ3) is 9.75. The first kappa shape index (κ1) is 38.6. The summed E-state index contributed by atoms with van der Waals surface area (Å²) >= 11 is 0.941. The molecule has 0 saturated carbocycles. The van der Waals surface area contributed by atoms with E-state index in [1.54, 1.807) is 20.8 Å². The molecule has 1 unspecified atom stereocenters. The minimum atomic E-state index is -4.11. The number of carbonyl (C=O) groups excluding carboxylic acids is 2. The second-order valence-corrected chi connectivity index (χ2v) is 15.0. The van der Waals surface area contributed by atoms with Crippen LogP contribution in [0.4, 0.5) is 10.3 Å². The van der Waals surface area contributed by atoms with Gasteiger partial charge in [-0.15, -0.1) is 0 Å². The zero-order chi connectivity index (χ0) is 35.8. The monoisotopic (exact) mass is 726 g/mol. The van der Waals surface area contributed by atoms with Gasteiger partial charge in [0, 0.05) is 18.7 Å². The van der Waals surface area contributed by atoms with E-state index < -0.39 is 43.9 Å². The van der Waals surface area contributed by atoms with Crippen molar-refractivity contribution in [1.29, 1.82) is 0 Å². The van der Waals surface area contributed by atoms with Gasteiger partial charge in [0.25, 0.3) is 0 Å². The number of nitrogens with two attached hydrogens (primary N) is 1. The first-order valence-corrected chi connectivity index (χ1v) is 18.4. The Labute approximate surface area is 288 Å². The van der Waals surface area contributed by atoms with Gasteiger partial charge in [-0.05, 0) is 39.7 Å². The van der Waals surface area contributed by atoms with Gasteiger partial charge >= 0.3 is 13.7 Å². The summed E-state index contributed by atoms with van der Waals surface area (Å²) in [6.45, 7) is 7.74. The highest BCUT2D eigenvalue weighted by atomic mass is 32.2. The largest absolute Gasteiger partial charge is 0.476 e. The second-order valence-electron chi connectivity index (χ2n) is 12.1. The summed E-state index contributed by atoms with van der Waals surface area (Å²) in [7, 11) is -4.11. The molecule has 0 amide bonds. The standard InChI is InChI=1S/C31H44FN6O9PS/c1-6-11-22(39)44-18-30(3,4)28(41)49-15-14-45-48(42,35-16-20-12-9-8-10-13-20)46-17-21-24(40)31(5,32)27(47-21)38-19-34-23-25(38)36-29(33)37-26(23)43-7-2/h8-10,12-13,19,21,24,27,40H,6-7,11,14-18H2,1-5H3,(H,35,42)(H2,33,36,37)/t21-,24-,27-,31-,48?/m1/s1. The van der Waals surface area contributed by atoms with Gasteiger partial charge in [-0.1, -0.05) is 49.0 Å². The predicted molar refractivity (Wildman–Crippen MR) is 180 cm³/mol. The van der Waals surface area contributed by atoms with Gasteiger partial charge < -0.3 is 25.1 Å². The average molecular weight is 727 g/mol. The number of esters is 1. The van der Waals surface area contributed by atoms with Gasteiger partial charge in [0.15, 0.2) is 28.2 Å². The molecular weight excluding hydrogens is 682 g/mol. The molecule has 0 spiro atoms. The molecule has 49 heavy (non-hydrogen) atoms. The van der Waals surface area contributed by atoms with Crippen LogP contribution in [0.15, 0.2) is 36.7 Å². The zero-order valence-corrected chi connectivity index (χ0v) is 29.9. The van der Waals surface area contributed by atoms with Crippen molar-refractivity contribution in [2.24, 2.45) is 5.41 Å². The smallest absolute Gasteiger partial charge is 0.405 e. The molecule has 1 aliphatic rings. The molecule has 1 saturated heterocycles. The zero-order valence-electron chi connectivity index (χ0n) is 28.2. The molecular formula is C31H44FN6O9PS. The molecule has 1 aromatic carbocycles. The summed E-state index contributed by atoms with van der Waals surface area (Å²) in [5.41, 5.74) is 3.68. The lowest BCUT2D eigenvalue weighted by Gasteiger charge is -2.25. The minimum absolute atomic E-state index is 0.0696. The van der Waals surface area contributed by atoms with E-state index in [0.717, 1.165) is 24.2 Å². The van der Waals surface area contributed by atoms with Crippen LogP contribution in [0.2, 0.25) is 0 Å². The molecule has 0 bridgehead atoms. The minimum Gasteiger partial charge on any atom is -0.476 e. The normalized spacial score (nSPS) is 22.2. The number of carbonyl (C=O) groups is 2. The van der Waals surface area contributed by atoms with Crippen LogP contribution in [-0.4, -0.2) is 85.8 Å². The fraction of sp³-hybridized carbons (Fsp3) is 0.581. The summed E-state index contributed by atoms with van der Waals surface area (Å²) in [5.74, 6) is -0.272. The number of thioether (sulfide) groups is 1. The number of nitrogens with zero attached hydrogens (tertiary/aromatic N) is 4. The predicted octanol–water partition coefficient (Wildman–Crippen LogP) is 4.35. The van der Waals surface area contributed by atoms with Gasteiger partial charge in [-0.2, -0.15) is 9.97 Å². The number of aliphatic hydroxyl groups excluding tert-OH is 1. The van der Waals surface area contributed by atoms with Crippen molar-refractivity contribution >= 4 is 47.7 Å². The van der Waals surface area contributed by atoms with E-state index in [9.17, 15) is 19.3 Å². The van der Waals surface area contributed by atoms with Crippen molar-refractivity contribution in [3.8, 4) is 5.88 Å². The van der Waals surface area contributed by atoms with Crippen molar-refractivity contribution in [1.82, 2.24) is 24.6 Å². The van der Waals surface area contributed by atoms with E-state index in [0.29, 0.717) is 6.42 Å². The van der Waals surface area contributed by atoms with Crippen LogP contribution >= 0.6 is 19.5 Å². The molecule has 3 aromatic rings. The Bertz CT molecular complexity index is 1630. The van der Waals surface area contributed by atoms with E-state index in [-0.39, 0.29) is 72.6 Å². The van der Waals surface area contributed by atoms with Crippen LogP contribution in [0.25, 0.3) is 11.2 Å². The van der Waals surface area contributed by atoms with Crippen LogP contribution in [-0.2, 0) is 39.2 Å². The van der Waals surface area contributed by atoms with Crippen LogP contribution in [0.3, 0.4) is 0 Å². The summed E-state index contributed by atoms with van der Waals surface area (Å²) in [5, 5.41) is 13.5. The first-order chi connectivity index (χ1) is 23.2. The van der Waals surface area contributed by atoms with E-state index in [1.165, 1.54) is 10.9 Å². The second kappa shape index (κ2) is 16.7. The lowest BCUT2D eigenvalue weighted by atomic mass is 9.97. The van der Waals surface area contributed by atoms with Crippen LogP contribution < -0.4 is 15.6 Å². The molecule has 0 radical (unpaired) electrons. The third-order valence-electron chi connectivity index (χ3n) is 7.56. The summed E-state index contributed by atoms with van der Waals surface area (Å²) in [6.07, 6.45) is -2.23. The number of aliphatic hydroxyl groups is 1. The molecule has 18 heteroatoms. The Morgan fingerprint density at radius 1 is 1.22 bits per heavy atom. The highest BCUT2D eigenvalue weighted by Crippen LogP contribution is 2.48. The number of nitrogens with one attached hydrogen (secondary N) is 1. The van der Waals surface area contributed by atoms with Crippen molar-refractivity contribution in [3.05, 3.63) is 42.2 Å². The lowest BCUT2D eigenvalue weighted by molar-refractivity contribution is -0.147. The Morgan fingerprint density at radius 2 is 1.96 bits per heavy atom. The Hall–Kier alpha value is -3.18. The highest BCUT2D eigenvalue weighted by Gasteiger charge is 2.56. The number of anilines is 1. The number of ether oxygens (including phenoxy) is 3. The number of hydrogen-bond donors (Lipinski definition) is 3. The first-order valence-electron chi connectivity index (χ1n) is 15.9. The van der Waals surface area contributed by atoms with Crippen molar-refractivity contribution in [3.63, 3.8) is 0 Å². The van der Waals surface area contributed by atoms with Crippen molar-refractivity contribution in [2.45, 2.75) is 78.1 Å². The number of fused-ring (bicyclic) bond motifs is 1. The SMILES string of the molecule is CCCC(=O)OCC(C)(C)C(=O)SCCOP(=O)(NCc1ccccc1)OC[C@H]1O[C@@H](n2cnc3c(OCC)nc(N)nc32)[C@](C)(F)[C@@H]1O. The number of aromatic nitrogens is 4. The Kier molecular flexibility index (Phi) is 13.2. The maximum Gasteiger partial charge on any atom is 0.405 e. The molecule has 5 atom stereocenters. The third-order valence-corrected chi connectivity index (χ3v) is 10.3. The lowest BCUT2D eigenvalue weighted by Crippen LogP contribution is -2.40. The average Bonchev–Trinajstić information content (AvgIpc) is 3.58. The summed E-state index contributed by atoms with van der Waals surface area (Å²) in [6, 6.07) is 9.09. The molecule has 1 fully saturated rings. The van der Waals surface area contributed by atoms with Gasteiger partial charge in [0.05, 0.1) is 31.6 Å². The fourth-order valence-electron chi connectivity index (χ4n) is 4.83. The maximum absolute atomic E-state index is 16.1. The number of hydrogen-bond acceptors (Lipinski definition) is 14. The number of halogens is 1. The van der Waals surface area contributed by atoms with E-state index >= 15 is 4.39 Å². The quantitative estimate of drug-likeness (QED) is 0.0949. The van der Waals surface area contributed by atoms with Gasteiger partial charge in [-0.3, -0.25) is 23.2 Å². The van der Waals surface area contributed by atoms with E-state index in [1.807, 2.05) is 37.3 Å². The fourth-order valence-corrected chi connectivity index (χ4v) is 7.07. The topological polar surface area (TPSA) is 199 Å². The molecule has 270 valence electrons. The summed E-state index contributed by atoms with van der Waals surface area (Å²) in [4.78, 5) is 37.1. The number of alkyl halides is 1. The Balaban J connectivity index is 1.42. The van der Waals surface area contributed by atoms with Crippen LogP contribution in [0, 0.1) is 5.41 Å². The van der Waals surface area contributed by atoms with Crippen LogP contribution in [0.5, 0.6) is 5.88 Å². The number of imidazole rings is 1. The van der Waals surface area contributed by atoms with Crippen molar-refractivity contribution in [2.75, 3.05) is 37.9 Å². The number of benzene rings is 1. The van der Waals surface area contributed by atoms with E-state index in [4.69, 9.17) is 29.0 Å². The molecule has 4 rings (SSSR count). The molecule has 15 nitrogen and oxygen atoms in total. The van der Waals surface area contributed by atoms with Crippen LogP contribution in [0.1, 0.15) is 59.3 Å². The number of rotatable bonds is 18. The highest BCUT2D eigenvalue weighted by molar-refractivity contribution is 8.13. The Morgan fingerprint density at radius 3 is 2.65 bits per heavy atom. The molecule has 3 heterocycles. The number of nitrogen functional groups attached to an aromatic ring is 1. The van der Waals surface area contributed by atoms with Gasteiger partial charge in [0.2, 0.25) is 11.8 Å². The molecule has 4 N–H and O–H groups in total.